The van der Waals surface area contributed by atoms with E-state index in [1.807, 2.05) is 24.3 Å². The van der Waals surface area contributed by atoms with Crippen molar-refractivity contribution in [3.63, 3.8) is 0 Å². The highest BCUT2D eigenvalue weighted by Crippen LogP contribution is 2.29. The van der Waals surface area contributed by atoms with Crippen LogP contribution in [0.25, 0.3) is 11.0 Å². The van der Waals surface area contributed by atoms with Gasteiger partial charge in [-0.2, -0.15) is 0 Å². The Labute approximate surface area is 115 Å². The largest absolute Gasteiger partial charge is 0.497 e. The first kappa shape index (κ1) is 12.7. The number of ether oxygens (including phenoxy) is 1. The third-order valence-corrected chi connectivity index (χ3v) is 3.28. The molecule has 3 aromatic rings. The number of methoxy groups -OCH3 is 1. The summed E-state index contributed by atoms with van der Waals surface area (Å²) in [4.78, 5) is 0. The maximum absolute atomic E-state index is 12.9. The van der Waals surface area contributed by atoms with Crippen molar-refractivity contribution in [2.24, 2.45) is 5.73 Å². The number of nitrogens with two attached hydrogens (primary N) is 1. The number of hydrogen-bond acceptors (Lipinski definition) is 3. The van der Waals surface area contributed by atoms with Crippen LogP contribution in [0.3, 0.4) is 0 Å². The Morgan fingerprint density at radius 3 is 2.55 bits per heavy atom. The van der Waals surface area contributed by atoms with Crippen LogP contribution in [-0.4, -0.2) is 7.11 Å². The van der Waals surface area contributed by atoms with Crippen molar-refractivity contribution < 1.29 is 13.5 Å². The molecule has 4 heteroatoms. The summed E-state index contributed by atoms with van der Waals surface area (Å²) in [5, 5.41) is 0.928. The van der Waals surface area contributed by atoms with Crippen LogP contribution < -0.4 is 10.5 Å². The van der Waals surface area contributed by atoms with Crippen molar-refractivity contribution in [1.82, 2.24) is 0 Å². The average molecular weight is 271 g/mol. The Morgan fingerprint density at radius 1 is 1.10 bits per heavy atom. The van der Waals surface area contributed by atoms with E-state index >= 15 is 0 Å². The zero-order chi connectivity index (χ0) is 14.1. The summed E-state index contributed by atoms with van der Waals surface area (Å²) in [6, 6.07) is 13.1. The predicted octanol–water partition coefficient (Wildman–Crippen LogP) is 3.63. The lowest BCUT2D eigenvalue weighted by Crippen LogP contribution is -2.10. The molecule has 0 aliphatic carbocycles. The van der Waals surface area contributed by atoms with Gasteiger partial charge >= 0.3 is 0 Å². The molecule has 3 rings (SSSR count). The molecule has 0 fully saturated rings. The van der Waals surface area contributed by atoms with Gasteiger partial charge in [0, 0.05) is 5.39 Å². The molecule has 20 heavy (non-hydrogen) atoms. The minimum absolute atomic E-state index is 0.282. The van der Waals surface area contributed by atoms with Crippen LogP contribution in [0.2, 0.25) is 0 Å². The molecule has 0 saturated heterocycles. The second kappa shape index (κ2) is 4.98. The van der Waals surface area contributed by atoms with Crippen LogP contribution in [0.1, 0.15) is 17.4 Å². The maximum Gasteiger partial charge on any atom is 0.134 e. The van der Waals surface area contributed by atoms with Gasteiger partial charge in [-0.15, -0.1) is 0 Å². The molecule has 1 aromatic heterocycles. The molecule has 0 aliphatic heterocycles. The normalized spacial score (nSPS) is 12.6. The number of hydrogen-bond donors (Lipinski definition) is 1. The zero-order valence-electron chi connectivity index (χ0n) is 11.0. The van der Waals surface area contributed by atoms with Crippen LogP contribution in [0.15, 0.2) is 52.9 Å². The molecule has 1 heterocycles. The Kier molecular flexibility index (Phi) is 3.16. The Morgan fingerprint density at radius 2 is 1.85 bits per heavy atom. The third-order valence-electron chi connectivity index (χ3n) is 3.28. The van der Waals surface area contributed by atoms with Gasteiger partial charge in [-0.3, -0.25) is 0 Å². The van der Waals surface area contributed by atoms with Gasteiger partial charge in [0.1, 0.15) is 22.9 Å². The van der Waals surface area contributed by atoms with E-state index in [1.54, 1.807) is 19.2 Å². The summed E-state index contributed by atoms with van der Waals surface area (Å²) in [6.07, 6.45) is 0. The van der Waals surface area contributed by atoms with E-state index in [1.165, 1.54) is 12.1 Å². The SMILES string of the molecule is COc1ccc2oc(C(N)c3ccc(F)cc3)cc2c1. The summed E-state index contributed by atoms with van der Waals surface area (Å²) in [6.45, 7) is 0. The monoisotopic (exact) mass is 271 g/mol. The van der Waals surface area contributed by atoms with Gasteiger partial charge < -0.3 is 14.9 Å². The molecule has 0 spiro atoms. The van der Waals surface area contributed by atoms with Crippen LogP contribution in [0.5, 0.6) is 5.75 Å². The summed E-state index contributed by atoms with van der Waals surface area (Å²) in [7, 11) is 1.62. The zero-order valence-corrected chi connectivity index (χ0v) is 11.0. The molecule has 0 bridgehead atoms. The van der Waals surface area contributed by atoms with Crippen LogP contribution in [0, 0.1) is 5.82 Å². The number of benzene rings is 2. The van der Waals surface area contributed by atoms with Crippen molar-refractivity contribution in [3.05, 3.63) is 65.7 Å². The van der Waals surface area contributed by atoms with Crippen molar-refractivity contribution >= 4 is 11.0 Å². The number of halogens is 1. The summed E-state index contributed by atoms with van der Waals surface area (Å²) < 4.78 is 23.8. The second-order valence-corrected chi connectivity index (χ2v) is 4.58. The summed E-state index contributed by atoms with van der Waals surface area (Å²) in [5.41, 5.74) is 7.70. The lowest BCUT2D eigenvalue weighted by atomic mass is 10.1. The second-order valence-electron chi connectivity index (χ2n) is 4.58. The van der Waals surface area contributed by atoms with Gasteiger partial charge in [0.25, 0.3) is 0 Å². The quantitative estimate of drug-likeness (QED) is 0.791. The van der Waals surface area contributed by atoms with Crippen molar-refractivity contribution in [3.8, 4) is 5.75 Å². The molecule has 0 saturated carbocycles. The van der Waals surface area contributed by atoms with E-state index in [9.17, 15) is 4.39 Å². The molecule has 0 radical (unpaired) electrons. The third kappa shape index (κ3) is 2.26. The van der Waals surface area contributed by atoms with Crippen LogP contribution in [-0.2, 0) is 0 Å². The molecule has 0 amide bonds. The fraction of sp³-hybridized carbons (Fsp3) is 0.125. The summed E-state index contributed by atoms with van der Waals surface area (Å²) >= 11 is 0. The average Bonchev–Trinajstić information content (AvgIpc) is 2.90. The van der Waals surface area contributed by atoms with Gasteiger partial charge in [-0.1, -0.05) is 12.1 Å². The molecule has 0 aliphatic rings. The minimum atomic E-state index is -0.422. The van der Waals surface area contributed by atoms with E-state index in [0.29, 0.717) is 5.76 Å². The van der Waals surface area contributed by atoms with Gasteiger partial charge in [-0.25, -0.2) is 4.39 Å². The molecule has 1 unspecified atom stereocenters. The first-order valence-corrected chi connectivity index (χ1v) is 6.26. The molecule has 102 valence electrons. The van der Waals surface area contributed by atoms with Crippen molar-refractivity contribution in [2.75, 3.05) is 7.11 Å². The van der Waals surface area contributed by atoms with Gasteiger partial charge in [0.05, 0.1) is 13.2 Å². The molecule has 2 N–H and O–H groups in total. The Balaban J connectivity index is 1.98. The fourth-order valence-electron chi connectivity index (χ4n) is 2.16. The molecule has 1 atom stereocenters. The molecule has 3 nitrogen and oxygen atoms in total. The lowest BCUT2D eigenvalue weighted by Gasteiger charge is -2.08. The van der Waals surface area contributed by atoms with Gasteiger partial charge in [0.2, 0.25) is 0 Å². The molecular formula is C16H14FNO2. The van der Waals surface area contributed by atoms with E-state index in [-0.39, 0.29) is 5.82 Å². The van der Waals surface area contributed by atoms with E-state index in [2.05, 4.69) is 0 Å². The van der Waals surface area contributed by atoms with Gasteiger partial charge in [-0.05, 0) is 42.0 Å². The highest BCUT2D eigenvalue weighted by Gasteiger charge is 2.14. The van der Waals surface area contributed by atoms with Crippen molar-refractivity contribution in [2.45, 2.75) is 6.04 Å². The van der Waals surface area contributed by atoms with Crippen LogP contribution >= 0.6 is 0 Å². The Hall–Kier alpha value is -2.33. The summed E-state index contributed by atoms with van der Waals surface area (Å²) in [5.74, 6) is 1.12. The minimum Gasteiger partial charge on any atom is -0.497 e. The topological polar surface area (TPSA) is 48.4 Å². The van der Waals surface area contributed by atoms with E-state index in [0.717, 1.165) is 22.3 Å². The van der Waals surface area contributed by atoms with E-state index in [4.69, 9.17) is 14.9 Å². The first-order chi connectivity index (χ1) is 9.67. The van der Waals surface area contributed by atoms with Crippen LogP contribution in [0.4, 0.5) is 4.39 Å². The fourth-order valence-corrected chi connectivity index (χ4v) is 2.16. The Bertz CT molecular complexity index is 734. The maximum atomic E-state index is 12.9. The smallest absolute Gasteiger partial charge is 0.134 e. The number of fused-ring (bicyclic) bond motifs is 1. The number of furan rings is 1. The van der Waals surface area contributed by atoms with Gasteiger partial charge in [0.15, 0.2) is 0 Å². The lowest BCUT2D eigenvalue weighted by molar-refractivity contribution is 0.415. The van der Waals surface area contributed by atoms with E-state index < -0.39 is 6.04 Å². The number of rotatable bonds is 3. The molecular weight excluding hydrogens is 257 g/mol. The predicted molar refractivity (Wildman–Crippen MR) is 75.2 cm³/mol. The van der Waals surface area contributed by atoms with Crippen molar-refractivity contribution in [1.29, 1.82) is 0 Å². The highest BCUT2D eigenvalue weighted by atomic mass is 19.1. The first-order valence-electron chi connectivity index (χ1n) is 6.26. The highest BCUT2D eigenvalue weighted by molar-refractivity contribution is 5.79. The molecule has 2 aromatic carbocycles. The standard InChI is InChI=1S/C16H14FNO2/c1-19-13-6-7-14-11(8-13)9-15(20-14)16(18)10-2-4-12(17)5-3-10/h2-9,16H,18H2,1H3.